The van der Waals surface area contributed by atoms with Crippen molar-refractivity contribution in [3.8, 4) is 5.75 Å². The van der Waals surface area contributed by atoms with Crippen molar-refractivity contribution in [3.63, 3.8) is 0 Å². The zero-order valence-corrected chi connectivity index (χ0v) is 24.7. The number of nitrogens with zero attached hydrogens (tertiary/aromatic N) is 2. The predicted octanol–water partition coefficient (Wildman–Crippen LogP) is 2.45. The number of nitrogens with one attached hydrogen (secondary N) is 1. The molecule has 2 aromatic carbocycles. The third-order valence-corrected chi connectivity index (χ3v) is 8.39. The van der Waals surface area contributed by atoms with Crippen molar-refractivity contribution in [2.75, 3.05) is 24.6 Å². The van der Waals surface area contributed by atoms with Gasteiger partial charge in [0.25, 0.3) is 17.7 Å². The Labute approximate surface area is 251 Å². The van der Waals surface area contributed by atoms with Crippen LogP contribution in [0.4, 0.5) is 5.69 Å². The summed E-state index contributed by atoms with van der Waals surface area (Å²) < 4.78 is 5.79. The van der Waals surface area contributed by atoms with Crippen molar-refractivity contribution in [3.05, 3.63) is 59.7 Å². The topological polar surface area (TPSA) is 165 Å². The summed E-state index contributed by atoms with van der Waals surface area (Å²) >= 11 is 0. The number of aryl methyl sites for hydroxylation is 1. The summed E-state index contributed by atoms with van der Waals surface area (Å²) in [6, 6.07) is 15.2. The number of hydrogen-bond donors (Lipinski definition) is 3. The molecule has 2 aromatic rings. The largest absolute Gasteiger partial charge is 0.494 e. The van der Waals surface area contributed by atoms with Gasteiger partial charge in [-0.1, -0.05) is 25.1 Å². The monoisotopic (exact) mass is 591 g/mol. The van der Waals surface area contributed by atoms with E-state index in [0.29, 0.717) is 56.7 Å². The molecule has 11 nitrogen and oxygen atoms in total. The Morgan fingerprint density at radius 3 is 2.26 bits per heavy atom. The van der Waals surface area contributed by atoms with Gasteiger partial charge in [-0.15, -0.1) is 0 Å². The van der Waals surface area contributed by atoms with Gasteiger partial charge in [0.15, 0.2) is 5.54 Å². The number of amides is 5. The van der Waals surface area contributed by atoms with Crippen LogP contribution in [0, 0.1) is 0 Å². The number of nitrogens with two attached hydrogens (primary N) is 2. The van der Waals surface area contributed by atoms with E-state index in [-0.39, 0.29) is 30.7 Å². The number of hydrogen-bond acceptors (Lipinski definition) is 6. The predicted molar refractivity (Wildman–Crippen MR) is 161 cm³/mol. The number of anilines is 1. The van der Waals surface area contributed by atoms with Crippen LogP contribution in [-0.2, 0) is 25.6 Å². The van der Waals surface area contributed by atoms with Gasteiger partial charge in [-0.2, -0.15) is 0 Å². The maximum Gasteiger partial charge on any atom is 0.253 e. The Kier molecular flexibility index (Phi) is 10.4. The second kappa shape index (κ2) is 14.2. The molecule has 0 aromatic heterocycles. The normalized spacial score (nSPS) is 15.5. The summed E-state index contributed by atoms with van der Waals surface area (Å²) in [4.78, 5) is 65.3. The number of para-hydroxylation sites is 1. The lowest BCUT2D eigenvalue weighted by Crippen LogP contribution is -2.64. The van der Waals surface area contributed by atoms with Crippen LogP contribution < -0.4 is 26.4 Å². The lowest BCUT2D eigenvalue weighted by molar-refractivity contribution is -0.140. The highest BCUT2D eigenvalue weighted by Crippen LogP contribution is 2.32. The van der Waals surface area contributed by atoms with E-state index in [1.54, 1.807) is 31.2 Å². The standard InChI is InChI=1S/C32H41N5O6/c1-2-32(30(33)41,31(34)42)35-27(38)10-4-3-7-21-43-25-14-11-23(12-15-25)29(40)36-19-17-24(18-20-36)37-26-9-6-5-8-22(26)13-16-28(37)39/h5-6,8-9,11-12,14-15,24H,2-4,7,10,13,16-21H2,1H3,(H2,33,41)(H2,34,42)(H,35,38). The number of piperidine rings is 1. The highest BCUT2D eigenvalue weighted by atomic mass is 16.5. The SMILES string of the molecule is CCC(NC(=O)CCCCCOc1ccc(C(=O)N2CCC(N3C(=O)CCc4ccccc43)CC2)cc1)(C(N)=O)C(N)=O. The number of rotatable bonds is 13. The highest BCUT2D eigenvalue weighted by Gasteiger charge is 2.42. The number of benzene rings is 2. The number of unbranched alkanes of at least 4 members (excludes halogenated alkanes) is 2. The molecule has 43 heavy (non-hydrogen) atoms. The quantitative estimate of drug-likeness (QED) is 0.239. The first-order valence-corrected chi connectivity index (χ1v) is 15.0. The first-order chi connectivity index (χ1) is 20.7. The smallest absolute Gasteiger partial charge is 0.253 e. The molecule has 0 saturated carbocycles. The average molecular weight is 592 g/mol. The van der Waals surface area contributed by atoms with Gasteiger partial charge < -0.3 is 31.3 Å². The van der Waals surface area contributed by atoms with Gasteiger partial charge in [-0.05, 0) is 80.8 Å². The molecule has 0 unspecified atom stereocenters. The van der Waals surface area contributed by atoms with E-state index in [1.807, 2.05) is 28.0 Å². The first kappa shape index (κ1) is 31.5. The van der Waals surface area contributed by atoms with Gasteiger partial charge in [0.05, 0.1) is 6.61 Å². The van der Waals surface area contributed by atoms with Crippen LogP contribution in [0.15, 0.2) is 48.5 Å². The molecular weight excluding hydrogens is 550 g/mol. The third kappa shape index (κ3) is 7.33. The molecule has 2 heterocycles. The zero-order valence-electron chi connectivity index (χ0n) is 24.7. The molecule has 1 fully saturated rings. The Morgan fingerprint density at radius 1 is 0.930 bits per heavy atom. The van der Waals surface area contributed by atoms with E-state index in [1.165, 1.54) is 5.56 Å². The molecule has 0 aliphatic carbocycles. The number of likely N-dealkylation sites (tertiary alicyclic amines) is 1. The van der Waals surface area contributed by atoms with E-state index in [9.17, 15) is 24.0 Å². The fourth-order valence-electron chi connectivity index (χ4n) is 5.79. The van der Waals surface area contributed by atoms with E-state index < -0.39 is 23.3 Å². The Bertz CT molecular complexity index is 1320. The molecule has 0 spiro atoms. The summed E-state index contributed by atoms with van der Waals surface area (Å²) in [7, 11) is 0. The van der Waals surface area contributed by atoms with Crippen LogP contribution in [0.3, 0.4) is 0 Å². The van der Waals surface area contributed by atoms with Crippen LogP contribution in [0.2, 0.25) is 0 Å². The number of carbonyl (C=O) groups is 5. The van der Waals surface area contributed by atoms with E-state index in [0.717, 1.165) is 24.9 Å². The number of ether oxygens (including phenoxy) is 1. The van der Waals surface area contributed by atoms with Gasteiger partial charge in [0.1, 0.15) is 5.75 Å². The van der Waals surface area contributed by atoms with Crippen molar-refractivity contribution < 1.29 is 28.7 Å². The maximum absolute atomic E-state index is 13.1. The fraction of sp³-hybridized carbons (Fsp3) is 0.469. The van der Waals surface area contributed by atoms with Crippen LogP contribution in [-0.4, -0.2) is 65.7 Å². The average Bonchev–Trinajstić information content (AvgIpc) is 3.01. The van der Waals surface area contributed by atoms with Gasteiger partial charge in [0.2, 0.25) is 11.8 Å². The fourth-order valence-corrected chi connectivity index (χ4v) is 5.79. The summed E-state index contributed by atoms with van der Waals surface area (Å²) in [6.45, 7) is 3.17. The summed E-state index contributed by atoms with van der Waals surface area (Å²) in [5, 5.41) is 2.39. The minimum absolute atomic E-state index is 0.0174. The molecule has 0 atom stereocenters. The van der Waals surface area contributed by atoms with Crippen LogP contribution >= 0.6 is 0 Å². The van der Waals surface area contributed by atoms with Gasteiger partial charge in [-0.3, -0.25) is 24.0 Å². The molecular formula is C32H41N5O6. The van der Waals surface area contributed by atoms with Crippen LogP contribution in [0.25, 0.3) is 0 Å². The summed E-state index contributed by atoms with van der Waals surface area (Å²) in [5.41, 5.74) is 11.5. The van der Waals surface area contributed by atoms with E-state index in [4.69, 9.17) is 16.2 Å². The van der Waals surface area contributed by atoms with Crippen molar-refractivity contribution >= 4 is 35.2 Å². The summed E-state index contributed by atoms with van der Waals surface area (Å²) in [6.07, 6.45) is 4.81. The number of primary amides is 2. The Morgan fingerprint density at radius 2 is 1.60 bits per heavy atom. The lowest BCUT2D eigenvalue weighted by atomic mass is 9.94. The van der Waals surface area contributed by atoms with Crippen LogP contribution in [0.5, 0.6) is 5.75 Å². The summed E-state index contributed by atoms with van der Waals surface area (Å²) in [5.74, 6) is -1.64. The zero-order chi connectivity index (χ0) is 31.0. The molecule has 1 saturated heterocycles. The lowest BCUT2D eigenvalue weighted by Gasteiger charge is -2.41. The Balaban J connectivity index is 1.17. The number of fused-ring (bicyclic) bond motifs is 1. The van der Waals surface area contributed by atoms with E-state index in [2.05, 4.69) is 11.4 Å². The molecule has 4 rings (SSSR count). The van der Waals surface area contributed by atoms with Crippen molar-refractivity contribution in [2.45, 2.75) is 76.3 Å². The maximum atomic E-state index is 13.1. The van der Waals surface area contributed by atoms with Crippen molar-refractivity contribution in [1.82, 2.24) is 10.2 Å². The van der Waals surface area contributed by atoms with Crippen molar-refractivity contribution in [2.24, 2.45) is 11.5 Å². The molecule has 2 aliphatic rings. The van der Waals surface area contributed by atoms with Crippen molar-refractivity contribution in [1.29, 1.82) is 0 Å². The molecule has 5 N–H and O–H groups in total. The van der Waals surface area contributed by atoms with E-state index >= 15 is 0 Å². The second-order valence-corrected chi connectivity index (χ2v) is 11.1. The molecule has 11 heteroatoms. The molecule has 0 bridgehead atoms. The molecule has 230 valence electrons. The molecule has 2 aliphatic heterocycles. The second-order valence-electron chi connectivity index (χ2n) is 11.1. The Hall–Kier alpha value is -4.41. The third-order valence-electron chi connectivity index (χ3n) is 8.39. The van der Waals surface area contributed by atoms with Gasteiger partial charge in [0, 0.05) is 43.2 Å². The molecule has 0 radical (unpaired) electrons. The highest BCUT2D eigenvalue weighted by molar-refractivity contribution is 6.10. The van der Waals surface area contributed by atoms with Gasteiger partial charge in [-0.25, -0.2) is 0 Å². The minimum Gasteiger partial charge on any atom is -0.494 e. The van der Waals surface area contributed by atoms with Crippen LogP contribution in [0.1, 0.15) is 74.2 Å². The number of carbonyl (C=O) groups excluding carboxylic acids is 5. The van der Waals surface area contributed by atoms with Gasteiger partial charge >= 0.3 is 0 Å². The first-order valence-electron chi connectivity index (χ1n) is 15.0. The molecule has 5 amide bonds. The minimum atomic E-state index is -1.87.